The first kappa shape index (κ1) is 23.4. The van der Waals surface area contributed by atoms with Gasteiger partial charge < -0.3 is 4.74 Å². The summed E-state index contributed by atoms with van der Waals surface area (Å²) in [5, 5.41) is 9.59. The Kier molecular flexibility index (Phi) is 7.38. The second-order valence-corrected chi connectivity index (χ2v) is 9.73. The van der Waals surface area contributed by atoms with Gasteiger partial charge in [0.15, 0.2) is 0 Å². The summed E-state index contributed by atoms with van der Waals surface area (Å²) in [6.07, 6.45) is 1.70. The van der Waals surface area contributed by atoms with E-state index in [0.29, 0.717) is 27.7 Å². The van der Waals surface area contributed by atoms with Gasteiger partial charge in [0.05, 0.1) is 26.7 Å². The molecule has 0 aromatic heterocycles. The minimum atomic E-state index is -0.365. The zero-order chi connectivity index (χ0) is 23.4. The zero-order valence-electron chi connectivity index (χ0n) is 17.1. The number of nitrogens with zero attached hydrogens (tertiary/aromatic N) is 2. The summed E-state index contributed by atoms with van der Waals surface area (Å²) in [5.74, 6) is 0.361. The number of halogens is 2. The van der Waals surface area contributed by atoms with Crippen molar-refractivity contribution in [3.05, 3.63) is 102 Å². The molecule has 1 fully saturated rings. The molecule has 0 aliphatic carbocycles. The van der Waals surface area contributed by atoms with E-state index in [0.717, 1.165) is 32.2 Å². The van der Waals surface area contributed by atoms with Gasteiger partial charge in [0.1, 0.15) is 12.4 Å². The van der Waals surface area contributed by atoms with Gasteiger partial charge in [0.2, 0.25) is 0 Å². The SMILES string of the molecule is N#Cc1ccccc1CN1C(=O)S/C(=C/c2ccc(OCc3ccc(Cl)cc3)c(I)c2)C1=O. The van der Waals surface area contributed by atoms with E-state index in [1.54, 1.807) is 30.3 Å². The first-order chi connectivity index (χ1) is 15.9. The number of benzene rings is 3. The molecule has 0 spiro atoms. The van der Waals surface area contributed by atoms with E-state index in [-0.39, 0.29) is 17.7 Å². The van der Waals surface area contributed by atoms with Gasteiger partial charge in [-0.25, -0.2) is 0 Å². The number of thioether (sulfide) groups is 1. The van der Waals surface area contributed by atoms with Gasteiger partial charge in [-0.1, -0.05) is 48.0 Å². The lowest BCUT2D eigenvalue weighted by Crippen LogP contribution is -2.27. The van der Waals surface area contributed by atoms with Gasteiger partial charge >= 0.3 is 0 Å². The lowest BCUT2D eigenvalue weighted by atomic mass is 10.1. The van der Waals surface area contributed by atoms with E-state index in [1.807, 2.05) is 42.5 Å². The maximum atomic E-state index is 12.9. The van der Waals surface area contributed by atoms with Crippen LogP contribution in [0, 0.1) is 14.9 Å². The minimum absolute atomic E-state index is 0.0702. The third kappa shape index (κ3) is 5.58. The molecule has 1 heterocycles. The molecule has 8 heteroatoms. The molecule has 1 aliphatic rings. The number of carbonyl (C=O) groups excluding carboxylic acids is 2. The Balaban J connectivity index is 1.46. The number of amides is 2. The molecule has 33 heavy (non-hydrogen) atoms. The van der Waals surface area contributed by atoms with Crippen LogP contribution in [0.5, 0.6) is 5.75 Å². The standard InChI is InChI=1S/C25H16ClIN2O3S/c26-20-8-5-16(6-9-20)15-32-22-10-7-17(11-21(22)27)12-23-24(30)29(25(31)33-23)14-19-4-2-1-3-18(19)13-28/h1-12H,14-15H2/b23-12+. The summed E-state index contributed by atoms with van der Waals surface area (Å²) in [7, 11) is 0. The molecule has 3 aromatic rings. The van der Waals surface area contributed by atoms with Crippen molar-refractivity contribution < 1.29 is 14.3 Å². The number of carbonyl (C=O) groups is 2. The molecule has 4 rings (SSSR count). The Labute approximate surface area is 214 Å². The first-order valence-electron chi connectivity index (χ1n) is 9.85. The Morgan fingerprint density at radius 3 is 2.58 bits per heavy atom. The Hall–Kier alpha value is -2.80. The van der Waals surface area contributed by atoms with Crippen molar-refractivity contribution in [2.24, 2.45) is 0 Å². The van der Waals surface area contributed by atoms with Crippen molar-refractivity contribution in [3.63, 3.8) is 0 Å². The number of ether oxygens (including phenoxy) is 1. The summed E-state index contributed by atoms with van der Waals surface area (Å²) in [5.41, 5.74) is 2.89. The summed E-state index contributed by atoms with van der Waals surface area (Å²) in [6, 6.07) is 22.1. The second kappa shape index (κ2) is 10.4. The van der Waals surface area contributed by atoms with Gasteiger partial charge in [-0.2, -0.15) is 5.26 Å². The summed E-state index contributed by atoms with van der Waals surface area (Å²) in [6.45, 7) is 0.482. The molecular formula is C25H16ClIN2O3S. The molecule has 0 radical (unpaired) electrons. The fraction of sp³-hybridized carbons (Fsp3) is 0.0800. The van der Waals surface area contributed by atoms with Crippen LogP contribution >= 0.6 is 46.0 Å². The Bertz CT molecular complexity index is 1300. The lowest BCUT2D eigenvalue weighted by Gasteiger charge is -2.13. The minimum Gasteiger partial charge on any atom is -0.488 e. The normalized spacial score (nSPS) is 14.6. The van der Waals surface area contributed by atoms with Crippen molar-refractivity contribution in [2.75, 3.05) is 0 Å². The fourth-order valence-electron chi connectivity index (χ4n) is 3.19. The van der Waals surface area contributed by atoms with Crippen molar-refractivity contribution in [1.82, 2.24) is 4.90 Å². The molecule has 0 bridgehead atoms. The highest BCUT2D eigenvalue weighted by molar-refractivity contribution is 14.1. The molecule has 2 amide bonds. The van der Waals surface area contributed by atoms with E-state index >= 15 is 0 Å². The van der Waals surface area contributed by atoms with Crippen LogP contribution < -0.4 is 4.74 Å². The fourth-order valence-corrected chi connectivity index (χ4v) is 4.85. The van der Waals surface area contributed by atoms with Gasteiger partial charge in [-0.3, -0.25) is 14.5 Å². The third-order valence-corrected chi connectivity index (χ3v) is 6.90. The summed E-state index contributed by atoms with van der Waals surface area (Å²) >= 11 is 8.99. The summed E-state index contributed by atoms with van der Waals surface area (Å²) in [4.78, 5) is 26.8. The van der Waals surface area contributed by atoms with Gasteiger partial charge in [-0.15, -0.1) is 0 Å². The maximum absolute atomic E-state index is 12.9. The van der Waals surface area contributed by atoms with E-state index in [1.165, 1.54) is 4.90 Å². The predicted molar refractivity (Wildman–Crippen MR) is 138 cm³/mol. The highest BCUT2D eigenvalue weighted by Gasteiger charge is 2.35. The summed E-state index contributed by atoms with van der Waals surface area (Å²) < 4.78 is 6.79. The van der Waals surface area contributed by atoms with Gasteiger partial charge in [0.25, 0.3) is 11.1 Å². The quantitative estimate of drug-likeness (QED) is 0.240. The largest absolute Gasteiger partial charge is 0.488 e. The molecule has 1 saturated heterocycles. The van der Waals surface area contributed by atoms with Crippen LogP contribution in [0.3, 0.4) is 0 Å². The molecule has 0 unspecified atom stereocenters. The number of nitriles is 1. The molecular weight excluding hydrogens is 571 g/mol. The molecule has 0 N–H and O–H groups in total. The van der Waals surface area contributed by atoms with Crippen LogP contribution in [0.1, 0.15) is 22.3 Å². The van der Waals surface area contributed by atoms with Crippen LogP contribution in [0.2, 0.25) is 5.02 Å². The third-order valence-electron chi connectivity index (χ3n) is 4.90. The topological polar surface area (TPSA) is 70.4 Å². The monoisotopic (exact) mass is 586 g/mol. The van der Waals surface area contributed by atoms with Crippen LogP contribution in [0.4, 0.5) is 4.79 Å². The maximum Gasteiger partial charge on any atom is 0.293 e. The smallest absolute Gasteiger partial charge is 0.293 e. The van der Waals surface area contributed by atoms with Crippen LogP contribution in [0.25, 0.3) is 6.08 Å². The van der Waals surface area contributed by atoms with Crippen LogP contribution in [-0.4, -0.2) is 16.0 Å². The van der Waals surface area contributed by atoms with Crippen molar-refractivity contribution >= 4 is 63.2 Å². The molecule has 3 aromatic carbocycles. The van der Waals surface area contributed by atoms with E-state index in [4.69, 9.17) is 16.3 Å². The molecule has 5 nitrogen and oxygen atoms in total. The number of hydrogen-bond acceptors (Lipinski definition) is 5. The number of rotatable bonds is 6. The van der Waals surface area contributed by atoms with E-state index in [2.05, 4.69) is 28.7 Å². The Morgan fingerprint density at radius 1 is 1.09 bits per heavy atom. The lowest BCUT2D eigenvalue weighted by molar-refractivity contribution is -0.123. The molecule has 0 atom stereocenters. The highest BCUT2D eigenvalue weighted by atomic mass is 127. The first-order valence-corrected chi connectivity index (χ1v) is 12.1. The van der Waals surface area contributed by atoms with Crippen LogP contribution in [-0.2, 0) is 17.9 Å². The average molecular weight is 587 g/mol. The molecule has 164 valence electrons. The van der Waals surface area contributed by atoms with Crippen molar-refractivity contribution in [1.29, 1.82) is 5.26 Å². The molecule has 0 saturated carbocycles. The van der Waals surface area contributed by atoms with Crippen LogP contribution in [0.15, 0.2) is 71.6 Å². The number of imide groups is 1. The van der Waals surface area contributed by atoms with E-state index in [9.17, 15) is 14.9 Å². The van der Waals surface area contributed by atoms with Crippen molar-refractivity contribution in [3.8, 4) is 11.8 Å². The average Bonchev–Trinajstić information content (AvgIpc) is 3.07. The van der Waals surface area contributed by atoms with Gasteiger partial charge in [-0.05, 0) is 87.5 Å². The van der Waals surface area contributed by atoms with Gasteiger partial charge in [0, 0.05) is 5.02 Å². The second-order valence-electron chi connectivity index (χ2n) is 7.14. The predicted octanol–water partition coefficient (Wildman–Crippen LogP) is 6.63. The molecule has 1 aliphatic heterocycles. The Morgan fingerprint density at radius 2 is 1.85 bits per heavy atom. The highest BCUT2D eigenvalue weighted by Crippen LogP contribution is 2.34. The number of hydrogen-bond donors (Lipinski definition) is 0. The van der Waals surface area contributed by atoms with Crippen molar-refractivity contribution in [2.45, 2.75) is 13.2 Å². The zero-order valence-corrected chi connectivity index (χ0v) is 20.9. The van der Waals surface area contributed by atoms with E-state index < -0.39 is 0 Å².